The van der Waals surface area contributed by atoms with E-state index in [1.54, 1.807) is 18.2 Å². The van der Waals surface area contributed by atoms with Gasteiger partial charge in [0.25, 0.3) is 0 Å². The smallest absolute Gasteiger partial charge is 0.313 e. The van der Waals surface area contributed by atoms with Crippen LogP contribution < -0.4 is 20.1 Å². The normalized spacial score (nSPS) is 11.6. The van der Waals surface area contributed by atoms with Crippen molar-refractivity contribution in [1.29, 1.82) is 0 Å². The summed E-state index contributed by atoms with van der Waals surface area (Å²) >= 11 is 2.90. The molecule has 2 heterocycles. The second-order valence-electron chi connectivity index (χ2n) is 5.97. The SMILES string of the molecule is COc1ccc(NC(=O)C(=O)NCc2ccc(C(O)c3ccsc3)s2)c(OC)c1. The van der Waals surface area contributed by atoms with E-state index in [1.807, 2.05) is 29.0 Å². The summed E-state index contributed by atoms with van der Waals surface area (Å²) in [6.07, 6.45) is -0.693. The summed E-state index contributed by atoms with van der Waals surface area (Å²) in [6.45, 7) is 0.188. The maximum absolute atomic E-state index is 12.2. The highest BCUT2D eigenvalue weighted by Crippen LogP contribution is 2.30. The number of aliphatic hydroxyl groups excluding tert-OH is 1. The molecule has 0 saturated carbocycles. The molecular formula is C20H20N2O5S2. The molecule has 2 aromatic heterocycles. The highest BCUT2D eigenvalue weighted by atomic mass is 32.1. The standard InChI is InChI=1S/C20H20N2O5S2/c1-26-13-3-5-15(16(9-13)27-2)22-20(25)19(24)21-10-14-4-6-17(29-14)18(23)12-7-8-28-11-12/h3-9,11,18,23H,10H2,1-2H3,(H,21,24)(H,22,25). The topological polar surface area (TPSA) is 96.9 Å². The summed E-state index contributed by atoms with van der Waals surface area (Å²) in [5, 5.41) is 19.3. The third-order valence-corrected chi connectivity index (χ3v) is 5.94. The quantitative estimate of drug-likeness (QED) is 0.499. The number of rotatable bonds is 7. The molecule has 3 N–H and O–H groups in total. The van der Waals surface area contributed by atoms with Crippen LogP contribution in [0.1, 0.15) is 21.4 Å². The van der Waals surface area contributed by atoms with Gasteiger partial charge in [-0.3, -0.25) is 9.59 Å². The van der Waals surface area contributed by atoms with Crippen LogP contribution in [-0.4, -0.2) is 31.1 Å². The summed E-state index contributed by atoms with van der Waals surface area (Å²) in [6, 6.07) is 10.4. The minimum atomic E-state index is -0.802. The Balaban J connectivity index is 1.56. The molecular weight excluding hydrogens is 412 g/mol. The predicted octanol–water partition coefficient (Wildman–Crippen LogP) is 3.16. The molecule has 0 saturated heterocycles. The molecule has 0 radical (unpaired) electrons. The van der Waals surface area contributed by atoms with Gasteiger partial charge in [0.1, 0.15) is 17.6 Å². The van der Waals surface area contributed by atoms with Gasteiger partial charge in [0.2, 0.25) is 0 Å². The predicted molar refractivity (Wildman–Crippen MR) is 113 cm³/mol. The van der Waals surface area contributed by atoms with Gasteiger partial charge >= 0.3 is 11.8 Å². The Morgan fingerprint density at radius 2 is 1.93 bits per heavy atom. The van der Waals surface area contributed by atoms with E-state index in [1.165, 1.54) is 36.9 Å². The van der Waals surface area contributed by atoms with Gasteiger partial charge in [0.05, 0.1) is 26.5 Å². The van der Waals surface area contributed by atoms with E-state index in [4.69, 9.17) is 9.47 Å². The first-order valence-corrected chi connectivity index (χ1v) is 10.4. The van der Waals surface area contributed by atoms with Crippen molar-refractivity contribution in [3.05, 3.63) is 62.5 Å². The first-order chi connectivity index (χ1) is 14.0. The number of ether oxygens (including phenoxy) is 2. The van der Waals surface area contributed by atoms with E-state index in [2.05, 4.69) is 10.6 Å². The van der Waals surface area contributed by atoms with Crippen molar-refractivity contribution in [1.82, 2.24) is 5.32 Å². The number of benzene rings is 1. The average Bonchev–Trinajstić information content (AvgIpc) is 3.44. The van der Waals surface area contributed by atoms with Crippen LogP contribution in [0.5, 0.6) is 11.5 Å². The van der Waals surface area contributed by atoms with Gasteiger partial charge in [-0.05, 0) is 46.7 Å². The second-order valence-corrected chi connectivity index (χ2v) is 7.95. The number of anilines is 1. The maximum Gasteiger partial charge on any atom is 0.313 e. The fourth-order valence-corrected chi connectivity index (χ4v) is 4.21. The number of hydrogen-bond donors (Lipinski definition) is 3. The van der Waals surface area contributed by atoms with Gasteiger partial charge in [-0.2, -0.15) is 11.3 Å². The molecule has 3 aromatic rings. The molecule has 1 atom stereocenters. The fourth-order valence-electron chi connectivity index (χ4n) is 2.56. The molecule has 1 aromatic carbocycles. The number of nitrogens with one attached hydrogen (secondary N) is 2. The minimum Gasteiger partial charge on any atom is -0.497 e. The summed E-state index contributed by atoms with van der Waals surface area (Å²) in [5.74, 6) is -0.613. The Morgan fingerprint density at radius 1 is 1.10 bits per heavy atom. The number of carbonyl (C=O) groups excluding carboxylic acids is 2. The Morgan fingerprint density at radius 3 is 2.62 bits per heavy atom. The fraction of sp³-hybridized carbons (Fsp3) is 0.200. The number of thiophene rings is 2. The molecule has 152 valence electrons. The Kier molecular flexibility index (Phi) is 6.86. The van der Waals surface area contributed by atoms with Crippen molar-refractivity contribution in [2.45, 2.75) is 12.6 Å². The van der Waals surface area contributed by atoms with Crippen molar-refractivity contribution in [3.8, 4) is 11.5 Å². The summed E-state index contributed by atoms with van der Waals surface area (Å²) in [4.78, 5) is 25.9. The molecule has 1 unspecified atom stereocenters. The molecule has 0 aliphatic carbocycles. The van der Waals surface area contributed by atoms with Crippen LogP contribution >= 0.6 is 22.7 Å². The van der Waals surface area contributed by atoms with Crippen molar-refractivity contribution in [3.63, 3.8) is 0 Å². The molecule has 29 heavy (non-hydrogen) atoms. The van der Waals surface area contributed by atoms with E-state index >= 15 is 0 Å². The zero-order valence-electron chi connectivity index (χ0n) is 15.8. The monoisotopic (exact) mass is 432 g/mol. The van der Waals surface area contributed by atoms with Crippen molar-refractivity contribution < 1.29 is 24.2 Å². The zero-order valence-corrected chi connectivity index (χ0v) is 17.4. The van der Waals surface area contributed by atoms with Gasteiger partial charge in [0.15, 0.2) is 0 Å². The second kappa shape index (κ2) is 9.55. The number of aliphatic hydroxyl groups is 1. The van der Waals surface area contributed by atoms with E-state index in [0.29, 0.717) is 17.2 Å². The Bertz CT molecular complexity index is 985. The third kappa shape index (κ3) is 5.14. The maximum atomic E-state index is 12.2. The molecule has 0 bridgehead atoms. The minimum absolute atomic E-state index is 0.188. The van der Waals surface area contributed by atoms with Gasteiger partial charge in [-0.25, -0.2) is 0 Å². The van der Waals surface area contributed by atoms with Crippen LogP contribution in [0.25, 0.3) is 0 Å². The lowest BCUT2D eigenvalue weighted by Gasteiger charge is -2.11. The van der Waals surface area contributed by atoms with Gasteiger partial charge in [0, 0.05) is 15.8 Å². The first kappa shape index (κ1) is 20.8. The van der Waals surface area contributed by atoms with Gasteiger partial charge < -0.3 is 25.2 Å². The lowest BCUT2D eigenvalue weighted by atomic mass is 10.2. The Labute approximate surface area is 175 Å². The van der Waals surface area contributed by atoms with E-state index < -0.39 is 17.9 Å². The van der Waals surface area contributed by atoms with E-state index in [9.17, 15) is 14.7 Å². The molecule has 7 nitrogen and oxygen atoms in total. The molecule has 2 amide bonds. The molecule has 0 aliphatic heterocycles. The van der Waals surface area contributed by atoms with Crippen molar-refractivity contribution in [2.75, 3.05) is 19.5 Å². The average molecular weight is 433 g/mol. The lowest BCUT2D eigenvalue weighted by molar-refractivity contribution is -0.136. The summed E-state index contributed by atoms with van der Waals surface area (Å²) in [5.41, 5.74) is 1.20. The summed E-state index contributed by atoms with van der Waals surface area (Å²) < 4.78 is 10.3. The van der Waals surface area contributed by atoms with Crippen LogP contribution in [0.4, 0.5) is 5.69 Å². The van der Waals surface area contributed by atoms with Crippen LogP contribution in [0.3, 0.4) is 0 Å². The third-order valence-electron chi connectivity index (χ3n) is 4.10. The lowest BCUT2D eigenvalue weighted by Crippen LogP contribution is -2.34. The number of methoxy groups -OCH3 is 2. The van der Waals surface area contributed by atoms with Crippen molar-refractivity contribution >= 4 is 40.2 Å². The van der Waals surface area contributed by atoms with Gasteiger partial charge in [-0.15, -0.1) is 11.3 Å². The van der Waals surface area contributed by atoms with E-state index in [-0.39, 0.29) is 6.54 Å². The van der Waals surface area contributed by atoms with E-state index in [0.717, 1.165) is 15.3 Å². The Hall–Kier alpha value is -2.88. The molecule has 0 aliphatic rings. The van der Waals surface area contributed by atoms with Crippen LogP contribution in [0.15, 0.2) is 47.2 Å². The highest BCUT2D eigenvalue weighted by molar-refractivity contribution is 7.12. The van der Waals surface area contributed by atoms with Crippen LogP contribution in [0.2, 0.25) is 0 Å². The number of carbonyl (C=O) groups is 2. The zero-order chi connectivity index (χ0) is 20.8. The molecule has 3 rings (SSSR count). The summed E-state index contributed by atoms with van der Waals surface area (Å²) in [7, 11) is 2.99. The van der Waals surface area contributed by atoms with Crippen LogP contribution in [-0.2, 0) is 16.1 Å². The van der Waals surface area contributed by atoms with Crippen LogP contribution in [0, 0.1) is 0 Å². The van der Waals surface area contributed by atoms with Crippen molar-refractivity contribution in [2.24, 2.45) is 0 Å². The largest absolute Gasteiger partial charge is 0.497 e. The van der Waals surface area contributed by atoms with Gasteiger partial charge in [-0.1, -0.05) is 0 Å². The number of amides is 2. The molecule has 9 heteroatoms. The highest BCUT2D eigenvalue weighted by Gasteiger charge is 2.17. The first-order valence-electron chi connectivity index (χ1n) is 8.61. The molecule has 0 spiro atoms. The molecule has 0 fully saturated rings. The number of hydrogen-bond acceptors (Lipinski definition) is 7.